The summed E-state index contributed by atoms with van der Waals surface area (Å²) in [7, 11) is 0. The molecule has 1 N–H and O–H groups in total. The molecule has 0 aromatic heterocycles. The first-order chi connectivity index (χ1) is 11.8. The van der Waals surface area contributed by atoms with Crippen molar-refractivity contribution in [2.45, 2.75) is 63.3 Å². The number of benzene rings is 1. The van der Waals surface area contributed by atoms with E-state index in [2.05, 4.69) is 10.2 Å². The Balaban J connectivity index is 0.00000182. The highest BCUT2D eigenvalue weighted by atomic mass is 35.5. The molecule has 2 bridgehead atoms. The lowest BCUT2D eigenvalue weighted by Crippen LogP contribution is -2.50. The van der Waals surface area contributed by atoms with E-state index >= 15 is 0 Å². The van der Waals surface area contributed by atoms with E-state index in [1.165, 1.54) is 25.7 Å². The zero-order valence-corrected chi connectivity index (χ0v) is 15.5. The number of halogens is 1. The summed E-state index contributed by atoms with van der Waals surface area (Å²) in [4.78, 5) is 14.9. The smallest absolute Gasteiger partial charge is 0.309 e. The quantitative estimate of drug-likeness (QED) is 0.833. The molecule has 4 rings (SSSR count). The average Bonchev–Trinajstić information content (AvgIpc) is 2.98. The van der Waals surface area contributed by atoms with Crippen LogP contribution in [-0.2, 0) is 16.1 Å². The number of carbonyl (C=O) groups excluding carboxylic acids is 1. The van der Waals surface area contributed by atoms with Crippen LogP contribution in [0.5, 0.6) is 0 Å². The van der Waals surface area contributed by atoms with Gasteiger partial charge in [0.05, 0.1) is 5.92 Å². The summed E-state index contributed by atoms with van der Waals surface area (Å²) < 4.78 is 5.52. The third kappa shape index (κ3) is 4.55. The predicted molar refractivity (Wildman–Crippen MR) is 101 cm³/mol. The summed E-state index contributed by atoms with van der Waals surface area (Å²) in [5, 5.41) is 3.72. The van der Waals surface area contributed by atoms with Crippen molar-refractivity contribution < 1.29 is 9.53 Å². The van der Waals surface area contributed by atoms with Crippen LogP contribution in [0.4, 0.5) is 0 Å². The number of hydrogen-bond donors (Lipinski definition) is 1. The molecule has 0 aliphatic carbocycles. The van der Waals surface area contributed by atoms with Crippen molar-refractivity contribution >= 4 is 18.4 Å². The van der Waals surface area contributed by atoms with Gasteiger partial charge in [-0.25, -0.2) is 0 Å². The normalized spacial score (nSPS) is 29.8. The van der Waals surface area contributed by atoms with E-state index in [4.69, 9.17) is 4.74 Å². The Kier molecular flexibility index (Phi) is 6.37. The maximum Gasteiger partial charge on any atom is 0.309 e. The van der Waals surface area contributed by atoms with Crippen molar-refractivity contribution in [3.05, 3.63) is 35.9 Å². The first kappa shape index (κ1) is 18.7. The maximum atomic E-state index is 12.3. The van der Waals surface area contributed by atoms with Crippen molar-refractivity contribution in [1.82, 2.24) is 10.2 Å². The van der Waals surface area contributed by atoms with E-state index in [1.807, 2.05) is 30.3 Å². The SMILES string of the molecule is Cl.O=C(OCc1ccccc1)C1CCN(C2C[C@H]3CC[C@@H](C2)N3)CC1. The molecule has 3 heterocycles. The third-order valence-corrected chi connectivity index (χ3v) is 6.05. The maximum absolute atomic E-state index is 12.3. The number of nitrogens with one attached hydrogen (secondary N) is 1. The van der Waals surface area contributed by atoms with Crippen LogP contribution in [0, 0.1) is 5.92 Å². The largest absolute Gasteiger partial charge is 0.461 e. The van der Waals surface area contributed by atoms with Gasteiger partial charge in [-0.1, -0.05) is 30.3 Å². The van der Waals surface area contributed by atoms with Gasteiger partial charge in [0.1, 0.15) is 6.61 Å². The molecule has 0 amide bonds. The lowest BCUT2D eigenvalue weighted by atomic mass is 9.92. The van der Waals surface area contributed by atoms with Crippen molar-refractivity contribution in [3.63, 3.8) is 0 Å². The fourth-order valence-electron chi connectivity index (χ4n) is 4.67. The Morgan fingerprint density at radius 1 is 1.04 bits per heavy atom. The van der Waals surface area contributed by atoms with Crippen molar-refractivity contribution in [1.29, 1.82) is 0 Å². The molecule has 3 aliphatic rings. The molecule has 3 saturated heterocycles. The molecule has 138 valence electrons. The second-order valence-electron chi connectivity index (χ2n) is 7.67. The number of fused-ring (bicyclic) bond motifs is 2. The van der Waals surface area contributed by atoms with Gasteiger partial charge in [0, 0.05) is 18.1 Å². The van der Waals surface area contributed by atoms with Gasteiger partial charge in [-0.05, 0) is 57.2 Å². The van der Waals surface area contributed by atoms with Gasteiger partial charge in [0.15, 0.2) is 0 Å². The minimum atomic E-state index is -0.0103. The van der Waals surface area contributed by atoms with Crippen molar-refractivity contribution in [3.8, 4) is 0 Å². The van der Waals surface area contributed by atoms with Gasteiger partial charge in [-0.3, -0.25) is 4.79 Å². The molecule has 25 heavy (non-hydrogen) atoms. The standard InChI is InChI=1S/C20H28N2O2.ClH/c23-20(24-14-15-4-2-1-3-5-15)16-8-10-22(11-9-16)19-12-17-6-7-18(13-19)21-17;/h1-5,16-19,21H,6-14H2;1H/t17-,18+,19?;. The highest BCUT2D eigenvalue weighted by molar-refractivity contribution is 5.85. The molecular formula is C20H29ClN2O2. The zero-order valence-electron chi connectivity index (χ0n) is 14.7. The highest BCUT2D eigenvalue weighted by Gasteiger charge is 2.37. The number of esters is 1. The zero-order chi connectivity index (χ0) is 16.4. The summed E-state index contributed by atoms with van der Waals surface area (Å²) in [6.45, 7) is 2.50. The van der Waals surface area contributed by atoms with E-state index in [1.54, 1.807) is 0 Å². The summed E-state index contributed by atoms with van der Waals surface area (Å²) in [6, 6.07) is 12.1. The van der Waals surface area contributed by atoms with Gasteiger partial charge in [0.2, 0.25) is 0 Å². The monoisotopic (exact) mass is 364 g/mol. The second-order valence-corrected chi connectivity index (χ2v) is 7.67. The Morgan fingerprint density at radius 3 is 2.32 bits per heavy atom. The number of piperidine rings is 2. The van der Waals surface area contributed by atoms with Gasteiger partial charge in [-0.15, -0.1) is 12.4 Å². The number of likely N-dealkylation sites (tertiary alicyclic amines) is 1. The van der Waals surface area contributed by atoms with Crippen molar-refractivity contribution in [2.24, 2.45) is 5.92 Å². The molecule has 1 unspecified atom stereocenters. The predicted octanol–water partition coefficient (Wildman–Crippen LogP) is 3.15. The summed E-state index contributed by atoms with van der Waals surface area (Å²) in [6.07, 6.45) is 7.19. The van der Waals surface area contributed by atoms with Crippen LogP contribution >= 0.6 is 12.4 Å². The summed E-state index contributed by atoms with van der Waals surface area (Å²) >= 11 is 0. The number of carbonyl (C=O) groups is 1. The Hall–Kier alpha value is -1.10. The molecule has 1 aromatic carbocycles. The molecule has 0 radical (unpaired) electrons. The lowest BCUT2D eigenvalue weighted by Gasteiger charge is -2.41. The van der Waals surface area contributed by atoms with Crippen molar-refractivity contribution in [2.75, 3.05) is 13.1 Å². The molecule has 3 atom stereocenters. The number of nitrogens with zero attached hydrogens (tertiary/aromatic N) is 1. The van der Waals surface area contributed by atoms with Crippen LogP contribution in [0.15, 0.2) is 30.3 Å². The minimum Gasteiger partial charge on any atom is -0.461 e. The van der Waals surface area contributed by atoms with Gasteiger partial charge < -0.3 is 15.0 Å². The first-order valence-electron chi connectivity index (χ1n) is 9.48. The number of ether oxygens (including phenoxy) is 1. The van der Waals surface area contributed by atoms with Crippen LogP contribution < -0.4 is 5.32 Å². The molecule has 0 saturated carbocycles. The topological polar surface area (TPSA) is 41.6 Å². The van der Waals surface area contributed by atoms with Crippen LogP contribution in [0.3, 0.4) is 0 Å². The van der Waals surface area contributed by atoms with E-state index < -0.39 is 0 Å². The van der Waals surface area contributed by atoms with Crippen LogP contribution in [0.25, 0.3) is 0 Å². The molecule has 3 fully saturated rings. The van der Waals surface area contributed by atoms with Gasteiger partial charge in [-0.2, -0.15) is 0 Å². The average molecular weight is 365 g/mol. The number of rotatable bonds is 4. The molecule has 1 aromatic rings. The molecule has 0 spiro atoms. The summed E-state index contributed by atoms with van der Waals surface area (Å²) in [5.41, 5.74) is 1.06. The Morgan fingerprint density at radius 2 is 1.68 bits per heavy atom. The molecular weight excluding hydrogens is 336 g/mol. The third-order valence-electron chi connectivity index (χ3n) is 6.05. The van der Waals surface area contributed by atoms with E-state index in [-0.39, 0.29) is 24.3 Å². The van der Waals surface area contributed by atoms with E-state index in [9.17, 15) is 4.79 Å². The molecule has 3 aliphatic heterocycles. The lowest BCUT2D eigenvalue weighted by molar-refractivity contribution is -0.151. The van der Waals surface area contributed by atoms with Crippen LogP contribution in [0.2, 0.25) is 0 Å². The van der Waals surface area contributed by atoms with Crippen LogP contribution in [-0.4, -0.2) is 42.1 Å². The van der Waals surface area contributed by atoms with Gasteiger partial charge >= 0.3 is 5.97 Å². The van der Waals surface area contributed by atoms with E-state index in [0.717, 1.165) is 49.6 Å². The fourth-order valence-corrected chi connectivity index (χ4v) is 4.67. The minimum absolute atomic E-state index is 0. The summed E-state index contributed by atoms with van der Waals surface area (Å²) in [5.74, 6) is 0.0762. The first-order valence-corrected chi connectivity index (χ1v) is 9.48. The Bertz CT molecular complexity index is 548. The second kappa shape index (κ2) is 8.52. The Labute approximate surface area is 156 Å². The molecule has 5 heteroatoms. The molecule has 4 nitrogen and oxygen atoms in total. The highest BCUT2D eigenvalue weighted by Crippen LogP contribution is 2.32. The van der Waals surface area contributed by atoms with Crippen LogP contribution in [0.1, 0.15) is 44.1 Å². The van der Waals surface area contributed by atoms with E-state index in [0.29, 0.717) is 6.61 Å². The van der Waals surface area contributed by atoms with Gasteiger partial charge in [0.25, 0.3) is 0 Å². The fraction of sp³-hybridized carbons (Fsp3) is 0.650. The number of hydrogen-bond acceptors (Lipinski definition) is 4.